The van der Waals surface area contributed by atoms with Gasteiger partial charge in [0.15, 0.2) is 5.58 Å². The second-order valence-electron chi connectivity index (χ2n) is 4.62. The maximum absolute atomic E-state index is 10.8. The smallest absolute Gasteiger partial charge is 0.298 e. The second kappa shape index (κ2) is 6.23. The van der Waals surface area contributed by atoms with Gasteiger partial charge in [0.2, 0.25) is 0 Å². The molecule has 0 amide bonds. The standard InChI is InChI=1S/C13H18N2O4S/c1-15(9-5-6-10-18-20(2,16)17)13-14-11-7-3-4-8-12(11)19-13/h3-4,7-8H,5-6,9-10H2,1-2H3. The van der Waals surface area contributed by atoms with Gasteiger partial charge in [-0.2, -0.15) is 13.4 Å². The van der Waals surface area contributed by atoms with E-state index >= 15 is 0 Å². The number of para-hydroxylation sites is 2. The topological polar surface area (TPSA) is 72.6 Å². The summed E-state index contributed by atoms with van der Waals surface area (Å²) < 4.78 is 31.9. The van der Waals surface area contributed by atoms with Gasteiger partial charge in [0, 0.05) is 13.6 Å². The van der Waals surface area contributed by atoms with Crippen LogP contribution < -0.4 is 4.90 Å². The van der Waals surface area contributed by atoms with Crippen molar-refractivity contribution < 1.29 is 17.0 Å². The van der Waals surface area contributed by atoms with Crippen molar-refractivity contribution in [3.63, 3.8) is 0 Å². The molecule has 0 aliphatic carbocycles. The summed E-state index contributed by atoms with van der Waals surface area (Å²) in [6.45, 7) is 0.931. The minimum atomic E-state index is -3.34. The number of aromatic nitrogens is 1. The van der Waals surface area contributed by atoms with Crippen LogP contribution >= 0.6 is 0 Å². The van der Waals surface area contributed by atoms with Crippen LogP contribution in [0.25, 0.3) is 11.1 Å². The van der Waals surface area contributed by atoms with Crippen LogP contribution in [0.1, 0.15) is 12.8 Å². The quantitative estimate of drug-likeness (QED) is 0.575. The first-order valence-corrected chi connectivity index (χ1v) is 8.18. The number of benzene rings is 1. The molecule has 0 aliphatic heterocycles. The van der Waals surface area contributed by atoms with Crippen LogP contribution in [0.2, 0.25) is 0 Å². The number of unbranched alkanes of at least 4 members (excludes halogenated alkanes) is 1. The van der Waals surface area contributed by atoms with Gasteiger partial charge in [-0.05, 0) is 25.0 Å². The predicted molar refractivity (Wildman–Crippen MR) is 77.3 cm³/mol. The van der Waals surface area contributed by atoms with E-state index in [4.69, 9.17) is 4.42 Å². The van der Waals surface area contributed by atoms with Crippen molar-refractivity contribution in [2.75, 3.05) is 31.4 Å². The molecule has 1 heterocycles. The molecule has 110 valence electrons. The molecule has 7 heteroatoms. The lowest BCUT2D eigenvalue weighted by Gasteiger charge is -2.13. The molecule has 1 aromatic heterocycles. The summed E-state index contributed by atoms with van der Waals surface area (Å²) in [5.41, 5.74) is 1.59. The number of nitrogens with zero attached hydrogens (tertiary/aromatic N) is 2. The SMILES string of the molecule is CN(CCCCOS(C)(=O)=O)c1nc2ccccc2o1. The van der Waals surface area contributed by atoms with Crippen LogP contribution in [-0.2, 0) is 14.3 Å². The fourth-order valence-corrected chi connectivity index (χ4v) is 2.20. The molecule has 6 nitrogen and oxygen atoms in total. The van der Waals surface area contributed by atoms with Crippen LogP contribution in [0.4, 0.5) is 6.01 Å². The molecule has 0 aliphatic rings. The van der Waals surface area contributed by atoms with Crippen LogP contribution in [0.3, 0.4) is 0 Å². The molecule has 0 atom stereocenters. The molecule has 0 N–H and O–H groups in total. The zero-order valence-electron chi connectivity index (χ0n) is 11.6. The molecule has 0 radical (unpaired) electrons. The highest BCUT2D eigenvalue weighted by Crippen LogP contribution is 2.20. The normalized spacial score (nSPS) is 11.9. The highest BCUT2D eigenvalue weighted by atomic mass is 32.2. The Hall–Kier alpha value is -1.60. The molecule has 2 aromatic rings. The molecule has 0 saturated carbocycles. The Kier molecular flexibility index (Phi) is 4.61. The number of fused-ring (bicyclic) bond motifs is 1. The first-order chi connectivity index (χ1) is 9.46. The summed E-state index contributed by atoms with van der Waals surface area (Å²) in [5.74, 6) is 0. The monoisotopic (exact) mass is 298 g/mol. The second-order valence-corrected chi connectivity index (χ2v) is 6.26. The minimum absolute atomic E-state index is 0.209. The van der Waals surface area contributed by atoms with Crippen molar-refractivity contribution in [3.05, 3.63) is 24.3 Å². The van der Waals surface area contributed by atoms with Crippen LogP contribution in [0.15, 0.2) is 28.7 Å². The number of rotatable bonds is 7. The highest BCUT2D eigenvalue weighted by Gasteiger charge is 2.09. The van der Waals surface area contributed by atoms with E-state index in [0.717, 1.165) is 30.3 Å². The zero-order valence-corrected chi connectivity index (χ0v) is 12.4. The molecular formula is C13H18N2O4S. The van der Waals surface area contributed by atoms with E-state index in [-0.39, 0.29) is 6.61 Å². The fraction of sp³-hybridized carbons (Fsp3) is 0.462. The molecule has 0 bridgehead atoms. The molecule has 0 unspecified atom stereocenters. The van der Waals surface area contributed by atoms with Gasteiger partial charge in [0.25, 0.3) is 16.1 Å². The Balaban J connectivity index is 1.81. The Bertz CT molecular complexity index is 633. The third kappa shape index (κ3) is 4.21. The first-order valence-electron chi connectivity index (χ1n) is 6.37. The molecular weight excluding hydrogens is 280 g/mol. The van der Waals surface area contributed by atoms with Crippen LogP contribution in [0, 0.1) is 0 Å². The van der Waals surface area contributed by atoms with Gasteiger partial charge >= 0.3 is 0 Å². The molecule has 20 heavy (non-hydrogen) atoms. The molecule has 0 spiro atoms. The van der Waals surface area contributed by atoms with Crippen LogP contribution in [-0.4, -0.2) is 39.9 Å². The van der Waals surface area contributed by atoms with Crippen molar-refractivity contribution >= 4 is 27.2 Å². The summed E-state index contributed by atoms with van der Waals surface area (Å²) in [6.07, 6.45) is 2.51. The van der Waals surface area contributed by atoms with E-state index in [0.29, 0.717) is 12.4 Å². The minimum Gasteiger partial charge on any atom is -0.423 e. The average molecular weight is 298 g/mol. The summed E-state index contributed by atoms with van der Waals surface area (Å²) in [4.78, 5) is 6.29. The largest absolute Gasteiger partial charge is 0.423 e. The highest BCUT2D eigenvalue weighted by molar-refractivity contribution is 7.85. The van der Waals surface area contributed by atoms with E-state index in [1.807, 2.05) is 36.2 Å². The van der Waals surface area contributed by atoms with Crippen LogP contribution in [0.5, 0.6) is 0 Å². The predicted octanol–water partition coefficient (Wildman–Crippen LogP) is 2.02. The number of anilines is 1. The lowest BCUT2D eigenvalue weighted by molar-refractivity contribution is 0.312. The van der Waals surface area contributed by atoms with Gasteiger partial charge < -0.3 is 9.32 Å². The molecule has 0 saturated heterocycles. The average Bonchev–Trinajstić information content (AvgIpc) is 2.80. The Morgan fingerprint density at radius 3 is 2.75 bits per heavy atom. The Morgan fingerprint density at radius 2 is 2.05 bits per heavy atom. The van der Waals surface area contributed by atoms with Gasteiger partial charge in [-0.15, -0.1) is 0 Å². The molecule has 2 rings (SSSR count). The Labute approximate surface area is 118 Å². The summed E-state index contributed by atoms with van der Waals surface area (Å²) >= 11 is 0. The van der Waals surface area contributed by atoms with Crippen molar-refractivity contribution in [1.82, 2.24) is 4.98 Å². The van der Waals surface area contributed by atoms with Gasteiger partial charge in [-0.25, -0.2) is 0 Å². The van der Waals surface area contributed by atoms with Crippen molar-refractivity contribution in [3.8, 4) is 0 Å². The van der Waals surface area contributed by atoms with E-state index in [1.165, 1.54) is 0 Å². The number of oxazole rings is 1. The van der Waals surface area contributed by atoms with E-state index in [1.54, 1.807) is 0 Å². The van der Waals surface area contributed by atoms with Crippen molar-refractivity contribution in [2.24, 2.45) is 0 Å². The van der Waals surface area contributed by atoms with E-state index < -0.39 is 10.1 Å². The summed E-state index contributed by atoms with van der Waals surface area (Å²) in [5, 5.41) is 0. The maximum atomic E-state index is 10.8. The van der Waals surface area contributed by atoms with Gasteiger partial charge in [0.1, 0.15) is 5.52 Å². The summed E-state index contributed by atoms with van der Waals surface area (Å²) in [6, 6.07) is 8.16. The number of hydrogen-bond acceptors (Lipinski definition) is 6. The van der Waals surface area contributed by atoms with E-state index in [2.05, 4.69) is 9.17 Å². The zero-order chi connectivity index (χ0) is 14.6. The summed E-state index contributed by atoms with van der Waals surface area (Å²) in [7, 11) is -1.45. The third-order valence-electron chi connectivity index (χ3n) is 2.79. The number of hydrogen-bond donors (Lipinski definition) is 0. The molecule has 0 fully saturated rings. The lowest BCUT2D eigenvalue weighted by atomic mass is 10.3. The third-order valence-corrected chi connectivity index (χ3v) is 3.39. The lowest BCUT2D eigenvalue weighted by Crippen LogP contribution is -2.19. The Morgan fingerprint density at radius 1 is 1.30 bits per heavy atom. The van der Waals surface area contributed by atoms with Gasteiger partial charge in [-0.1, -0.05) is 12.1 Å². The van der Waals surface area contributed by atoms with Gasteiger partial charge in [-0.3, -0.25) is 4.18 Å². The fourth-order valence-electron chi connectivity index (χ4n) is 1.78. The van der Waals surface area contributed by atoms with E-state index in [9.17, 15) is 8.42 Å². The van der Waals surface area contributed by atoms with Gasteiger partial charge in [0.05, 0.1) is 12.9 Å². The maximum Gasteiger partial charge on any atom is 0.298 e. The van der Waals surface area contributed by atoms with Crippen molar-refractivity contribution in [1.29, 1.82) is 0 Å². The van der Waals surface area contributed by atoms with Crippen molar-refractivity contribution in [2.45, 2.75) is 12.8 Å². The first kappa shape index (κ1) is 14.8. The molecule has 1 aromatic carbocycles.